The molecular weight excluding hydrogens is 302 g/mol. The highest BCUT2D eigenvalue weighted by molar-refractivity contribution is 8.13. The van der Waals surface area contributed by atoms with E-state index in [1.54, 1.807) is 20.2 Å². The van der Waals surface area contributed by atoms with Crippen molar-refractivity contribution in [3.8, 4) is 0 Å². The predicted molar refractivity (Wildman–Crippen MR) is 77.7 cm³/mol. The molecule has 20 heavy (non-hydrogen) atoms. The first-order valence-electron chi connectivity index (χ1n) is 6.13. The van der Waals surface area contributed by atoms with E-state index in [-0.39, 0.29) is 10.8 Å². The van der Waals surface area contributed by atoms with Crippen LogP contribution >= 0.6 is 10.7 Å². The molecule has 0 N–H and O–H groups in total. The number of methoxy groups -OCH3 is 1. The molecule has 1 aromatic carbocycles. The first-order chi connectivity index (χ1) is 9.31. The number of amides is 1. The zero-order chi connectivity index (χ0) is 15.3. The molecule has 7 heteroatoms. The van der Waals surface area contributed by atoms with E-state index < -0.39 is 9.05 Å². The summed E-state index contributed by atoms with van der Waals surface area (Å²) < 4.78 is 27.7. The molecule has 0 spiro atoms. The summed E-state index contributed by atoms with van der Waals surface area (Å²) in [4.78, 5) is 13.8. The number of hydrogen-bond donors (Lipinski definition) is 0. The van der Waals surface area contributed by atoms with Crippen molar-refractivity contribution in [2.45, 2.75) is 18.2 Å². The van der Waals surface area contributed by atoms with Gasteiger partial charge in [0.15, 0.2) is 0 Å². The quantitative estimate of drug-likeness (QED) is 0.751. The summed E-state index contributed by atoms with van der Waals surface area (Å²) in [5.41, 5.74) is 1.14. The van der Waals surface area contributed by atoms with Crippen molar-refractivity contribution in [3.05, 3.63) is 29.3 Å². The molecule has 0 atom stereocenters. The van der Waals surface area contributed by atoms with Crippen molar-refractivity contribution in [2.75, 3.05) is 27.3 Å². The fourth-order valence-electron chi connectivity index (χ4n) is 1.75. The van der Waals surface area contributed by atoms with E-state index in [0.29, 0.717) is 25.1 Å². The molecule has 1 rings (SSSR count). The summed E-state index contributed by atoms with van der Waals surface area (Å²) in [6.45, 7) is 2.74. The van der Waals surface area contributed by atoms with Gasteiger partial charge in [-0.3, -0.25) is 4.79 Å². The van der Waals surface area contributed by atoms with Gasteiger partial charge in [0.05, 0.1) is 11.5 Å². The number of aryl methyl sites for hydroxylation is 1. The maximum Gasteiger partial charge on any atom is 0.261 e. The molecule has 0 radical (unpaired) electrons. The summed E-state index contributed by atoms with van der Waals surface area (Å²) in [5, 5.41) is 0. The van der Waals surface area contributed by atoms with Crippen molar-refractivity contribution in [1.29, 1.82) is 0 Å². The van der Waals surface area contributed by atoms with E-state index in [4.69, 9.17) is 15.4 Å². The second-order valence-corrected chi connectivity index (χ2v) is 6.90. The van der Waals surface area contributed by atoms with E-state index in [2.05, 4.69) is 0 Å². The molecule has 5 nitrogen and oxygen atoms in total. The van der Waals surface area contributed by atoms with Crippen LogP contribution in [0.1, 0.15) is 22.8 Å². The molecule has 0 bridgehead atoms. The Morgan fingerprint density at radius 2 is 2.05 bits per heavy atom. The highest BCUT2D eigenvalue weighted by Crippen LogP contribution is 2.21. The fraction of sp³-hybridized carbons (Fsp3) is 0.462. The zero-order valence-corrected chi connectivity index (χ0v) is 13.3. The lowest BCUT2D eigenvalue weighted by Crippen LogP contribution is -2.30. The van der Waals surface area contributed by atoms with Gasteiger partial charge in [-0.1, -0.05) is 13.0 Å². The highest BCUT2D eigenvalue weighted by atomic mass is 35.7. The Morgan fingerprint density at radius 1 is 1.40 bits per heavy atom. The lowest BCUT2D eigenvalue weighted by atomic mass is 10.0. The molecular formula is C13H18ClNO4S. The average molecular weight is 320 g/mol. The minimum Gasteiger partial charge on any atom is -0.383 e. The van der Waals surface area contributed by atoms with Gasteiger partial charge in [-0.2, -0.15) is 0 Å². The third-order valence-electron chi connectivity index (χ3n) is 2.95. The Hall–Kier alpha value is -1.11. The van der Waals surface area contributed by atoms with Gasteiger partial charge in [0.25, 0.3) is 15.0 Å². The first-order valence-corrected chi connectivity index (χ1v) is 8.44. The lowest BCUT2D eigenvalue weighted by Gasteiger charge is -2.18. The Kier molecular flexibility index (Phi) is 5.98. The van der Waals surface area contributed by atoms with Crippen LogP contribution in [0.3, 0.4) is 0 Å². The van der Waals surface area contributed by atoms with Crippen LogP contribution < -0.4 is 0 Å². The van der Waals surface area contributed by atoms with Gasteiger partial charge in [0.2, 0.25) is 0 Å². The number of benzene rings is 1. The number of nitrogens with zero attached hydrogens (tertiary/aromatic N) is 1. The number of ether oxygens (including phenoxy) is 1. The smallest absolute Gasteiger partial charge is 0.261 e. The second kappa shape index (κ2) is 7.06. The molecule has 0 heterocycles. The summed E-state index contributed by atoms with van der Waals surface area (Å²) in [5.74, 6) is -0.249. The van der Waals surface area contributed by atoms with E-state index in [0.717, 1.165) is 5.56 Å². The zero-order valence-electron chi connectivity index (χ0n) is 11.7. The number of hydrogen-bond acceptors (Lipinski definition) is 4. The molecule has 0 fully saturated rings. The molecule has 0 saturated carbocycles. The third kappa shape index (κ3) is 4.19. The Balaban J connectivity index is 3.17. The van der Waals surface area contributed by atoms with Crippen LogP contribution in [-0.2, 0) is 20.2 Å². The minimum atomic E-state index is -3.85. The van der Waals surface area contributed by atoms with Gasteiger partial charge in [-0.05, 0) is 24.1 Å². The van der Waals surface area contributed by atoms with Crippen LogP contribution in [0.2, 0.25) is 0 Å². The van der Waals surface area contributed by atoms with Gasteiger partial charge in [0, 0.05) is 36.9 Å². The first kappa shape index (κ1) is 16.9. The van der Waals surface area contributed by atoms with Crippen LogP contribution in [0, 0.1) is 0 Å². The third-order valence-corrected chi connectivity index (χ3v) is 4.30. The summed E-state index contributed by atoms with van der Waals surface area (Å²) >= 11 is 0. The van der Waals surface area contributed by atoms with Crippen molar-refractivity contribution >= 4 is 25.6 Å². The van der Waals surface area contributed by atoms with Crippen LogP contribution in [0.5, 0.6) is 0 Å². The predicted octanol–water partition coefficient (Wildman–Crippen LogP) is 1.89. The molecule has 0 saturated heterocycles. The standard InChI is InChI=1S/C13H18ClNO4S/c1-4-10-5-6-11(20(14,17)18)9-12(10)13(16)15(2)7-8-19-3/h5-6,9H,4,7-8H2,1-3H3. The summed E-state index contributed by atoms with van der Waals surface area (Å²) in [6.07, 6.45) is 0.627. The molecule has 0 aliphatic heterocycles. The number of rotatable bonds is 6. The van der Waals surface area contributed by atoms with Crippen molar-refractivity contribution in [1.82, 2.24) is 4.90 Å². The Morgan fingerprint density at radius 3 is 2.55 bits per heavy atom. The minimum absolute atomic E-state index is 0.0696. The highest BCUT2D eigenvalue weighted by Gasteiger charge is 2.19. The number of likely N-dealkylation sites (N-methyl/N-ethyl adjacent to an activating group) is 1. The van der Waals surface area contributed by atoms with Crippen LogP contribution in [0.25, 0.3) is 0 Å². The van der Waals surface area contributed by atoms with Gasteiger partial charge < -0.3 is 9.64 Å². The van der Waals surface area contributed by atoms with Crippen LogP contribution in [0.4, 0.5) is 0 Å². The molecule has 1 aromatic rings. The molecule has 1 amide bonds. The van der Waals surface area contributed by atoms with Crippen LogP contribution in [-0.4, -0.2) is 46.5 Å². The Bertz CT molecular complexity index is 586. The summed E-state index contributed by atoms with van der Waals surface area (Å²) in [7, 11) is 4.67. The normalized spacial score (nSPS) is 11.4. The average Bonchev–Trinajstić information content (AvgIpc) is 2.42. The number of carbonyl (C=O) groups excluding carboxylic acids is 1. The maximum atomic E-state index is 12.3. The van der Waals surface area contributed by atoms with E-state index in [1.807, 2.05) is 6.92 Å². The van der Waals surface area contributed by atoms with Crippen LogP contribution in [0.15, 0.2) is 23.1 Å². The maximum absolute atomic E-state index is 12.3. The topological polar surface area (TPSA) is 63.7 Å². The van der Waals surface area contributed by atoms with E-state index >= 15 is 0 Å². The van der Waals surface area contributed by atoms with Crippen molar-refractivity contribution < 1.29 is 17.9 Å². The molecule has 0 aliphatic carbocycles. The largest absolute Gasteiger partial charge is 0.383 e. The van der Waals surface area contributed by atoms with Crippen molar-refractivity contribution in [3.63, 3.8) is 0 Å². The lowest BCUT2D eigenvalue weighted by molar-refractivity contribution is 0.0743. The van der Waals surface area contributed by atoms with Gasteiger partial charge in [-0.15, -0.1) is 0 Å². The van der Waals surface area contributed by atoms with E-state index in [9.17, 15) is 13.2 Å². The van der Waals surface area contributed by atoms with E-state index in [1.165, 1.54) is 17.0 Å². The van der Waals surface area contributed by atoms with Crippen molar-refractivity contribution in [2.24, 2.45) is 0 Å². The Labute approximate surface area is 123 Å². The monoisotopic (exact) mass is 319 g/mol. The molecule has 0 unspecified atom stereocenters. The van der Waals surface area contributed by atoms with Gasteiger partial charge >= 0.3 is 0 Å². The molecule has 0 aliphatic rings. The molecule has 0 aromatic heterocycles. The number of halogens is 1. The summed E-state index contributed by atoms with van der Waals surface area (Å²) in [6, 6.07) is 4.35. The SMILES string of the molecule is CCc1ccc(S(=O)(=O)Cl)cc1C(=O)N(C)CCOC. The fourth-order valence-corrected chi connectivity index (χ4v) is 2.53. The molecule has 112 valence electrons. The second-order valence-electron chi connectivity index (χ2n) is 4.33. The number of carbonyl (C=O) groups is 1. The van der Waals surface area contributed by atoms with Gasteiger partial charge in [-0.25, -0.2) is 8.42 Å². The van der Waals surface area contributed by atoms with Gasteiger partial charge in [0.1, 0.15) is 0 Å².